The summed E-state index contributed by atoms with van der Waals surface area (Å²) in [6.07, 6.45) is 0.217. The zero-order valence-electron chi connectivity index (χ0n) is 9.26. The molecule has 0 aliphatic carbocycles. The van der Waals surface area contributed by atoms with Gasteiger partial charge < -0.3 is 5.11 Å². The van der Waals surface area contributed by atoms with Gasteiger partial charge >= 0.3 is 5.97 Å². The van der Waals surface area contributed by atoms with Crippen LogP contribution in [0, 0.1) is 17.0 Å². The van der Waals surface area contributed by atoms with Crippen LogP contribution in [0.2, 0.25) is 0 Å². The molecule has 4 heteroatoms. The molecule has 16 heavy (non-hydrogen) atoms. The van der Waals surface area contributed by atoms with E-state index in [1.165, 1.54) is 12.1 Å². The molecule has 0 amide bonds. The van der Waals surface area contributed by atoms with Gasteiger partial charge in [0.05, 0.1) is 6.42 Å². The summed E-state index contributed by atoms with van der Waals surface area (Å²) in [5.74, 6) is -2.18. The van der Waals surface area contributed by atoms with Crippen LogP contribution in [-0.4, -0.2) is 11.1 Å². The van der Waals surface area contributed by atoms with Crippen molar-refractivity contribution in [2.24, 2.45) is 5.41 Å². The zero-order chi connectivity index (χ0) is 12.3. The summed E-state index contributed by atoms with van der Waals surface area (Å²) in [6.45, 7) is 3.48. The Morgan fingerprint density at radius 3 is 2.50 bits per heavy atom. The predicted molar refractivity (Wildman–Crippen MR) is 56.1 cm³/mol. The van der Waals surface area contributed by atoms with Crippen LogP contribution in [0.25, 0.3) is 0 Å². The van der Waals surface area contributed by atoms with Gasteiger partial charge in [-0.05, 0) is 23.5 Å². The second kappa shape index (κ2) is 4.60. The monoisotopic (exact) mass is 228 g/mol. The number of hydrogen-bond donors (Lipinski definition) is 1. The van der Waals surface area contributed by atoms with E-state index >= 15 is 0 Å². The SMILES string of the molecule is CC(C)(CC(=O)O)Cc1ccc(F)cc1F. The Bertz CT molecular complexity index is 400. The fourth-order valence-electron chi connectivity index (χ4n) is 1.65. The van der Waals surface area contributed by atoms with Crippen LogP contribution in [0.3, 0.4) is 0 Å². The molecule has 0 saturated heterocycles. The highest BCUT2D eigenvalue weighted by molar-refractivity contribution is 5.67. The summed E-state index contributed by atoms with van der Waals surface area (Å²) in [5, 5.41) is 8.69. The lowest BCUT2D eigenvalue weighted by Gasteiger charge is -2.22. The average Bonchev–Trinajstić information content (AvgIpc) is 2.07. The van der Waals surface area contributed by atoms with Crippen molar-refractivity contribution in [3.05, 3.63) is 35.4 Å². The molecule has 1 rings (SSSR count). The van der Waals surface area contributed by atoms with Crippen molar-refractivity contribution in [2.75, 3.05) is 0 Å². The van der Waals surface area contributed by atoms with E-state index in [-0.39, 0.29) is 12.8 Å². The van der Waals surface area contributed by atoms with Gasteiger partial charge in [-0.3, -0.25) is 4.79 Å². The maximum absolute atomic E-state index is 13.3. The first-order valence-electron chi connectivity index (χ1n) is 4.96. The topological polar surface area (TPSA) is 37.3 Å². The molecule has 0 atom stereocenters. The molecule has 0 spiro atoms. The first-order chi connectivity index (χ1) is 7.30. The molecular formula is C12H14F2O2. The highest BCUT2D eigenvalue weighted by atomic mass is 19.1. The Morgan fingerprint density at radius 1 is 1.38 bits per heavy atom. The largest absolute Gasteiger partial charge is 0.481 e. The lowest BCUT2D eigenvalue weighted by molar-refractivity contribution is -0.139. The quantitative estimate of drug-likeness (QED) is 0.860. The number of carbonyl (C=O) groups is 1. The zero-order valence-corrected chi connectivity index (χ0v) is 9.26. The summed E-state index contributed by atoms with van der Waals surface area (Å²) >= 11 is 0. The Morgan fingerprint density at radius 2 is 2.00 bits per heavy atom. The number of halogens is 2. The van der Waals surface area contributed by atoms with E-state index in [9.17, 15) is 13.6 Å². The smallest absolute Gasteiger partial charge is 0.303 e. The van der Waals surface area contributed by atoms with Gasteiger partial charge in [-0.15, -0.1) is 0 Å². The number of rotatable bonds is 4. The standard InChI is InChI=1S/C12H14F2O2/c1-12(2,7-11(15)16)6-8-3-4-9(13)5-10(8)14/h3-5H,6-7H2,1-2H3,(H,15,16). The molecule has 1 N–H and O–H groups in total. The van der Waals surface area contributed by atoms with E-state index in [0.29, 0.717) is 5.56 Å². The first kappa shape index (κ1) is 12.6. The van der Waals surface area contributed by atoms with Gasteiger partial charge in [0.1, 0.15) is 11.6 Å². The van der Waals surface area contributed by atoms with Crippen LogP contribution in [0.15, 0.2) is 18.2 Å². The minimum absolute atomic E-state index is 0.0518. The molecule has 0 aliphatic heterocycles. The van der Waals surface area contributed by atoms with Crippen LogP contribution in [0.1, 0.15) is 25.8 Å². The van der Waals surface area contributed by atoms with Gasteiger partial charge in [0.15, 0.2) is 0 Å². The number of hydrogen-bond acceptors (Lipinski definition) is 1. The molecule has 0 aromatic heterocycles. The summed E-state index contributed by atoms with van der Waals surface area (Å²) in [7, 11) is 0. The van der Waals surface area contributed by atoms with Gasteiger partial charge in [0.2, 0.25) is 0 Å². The highest BCUT2D eigenvalue weighted by Crippen LogP contribution is 2.27. The lowest BCUT2D eigenvalue weighted by atomic mass is 9.82. The fourth-order valence-corrected chi connectivity index (χ4v) is 1.65. The van der Waals surface area contributed by atoms with Crippen LogP contribution < -0.4 is 0 Å². The van der Waals surface area contributed by atoms with Gasteiger partial charge in [-0.1, -0.05) is 19.9 Å². The van der Waals surface area contributed by atoms with Gasteiger partial charge in [0, 0.05) is 6.07 Å². The van der Waals surface area contributed by atoms with Gasteiger partial charge in [0.25, 0.3) is 0 Å². The van der Waals surface area contributed by atoms with Crippen molar-refractivity contribution in [3.8, 4) is 0 Å². The molecule has 0 radical (unpaired) electrons. The Labute approximate surface area is 92.9 Å². The lowest BCUT2D eigenvalue weighted by Crippen LogP contribution is -2.20. The van der Waals surface area contributed by atoms with E-state index in [1.807, 2.05) is 0 Å². The molecule has 1 aromatic rings. The van der Waals surface area contributed by atoms with Crippen molar-refractivity contribution in [1.29, 1.82) is 0 Å². The summed E-state index contributed by atoms with van der Waals surface area (Å²) < 4.78 is 26.0. The molecule has 0 heterocycles. The molecular weight excluding hydrogens is 214 g/mol. The average molecular weight is 228 g/mol. The van der Waals surface area contributed by atoms with E-state index < -0.39 is 23.0 Å². The second-order valence-electron chi connectivity index (χ2n) is 4.65. The molecule has 0 aliphatic rings. The summed E-state index contributed by atoms with van der Waals surface area (Å²) in [4.78, 5) is 10.6. The number of benzene rings is 1. The highest BCUT2D eigenvalue weighted by Gasteiger charge is 2.23. The minimum atomic E-state index is -0.924. The summed E-state index contributed by atoms with van der Waals surface area (Å²) in [6, 6.07) is 3.34. The van der Waals surface area contributed by atoms with Gasteiger partial charge in [-0.2, -0.15) is 0 Å². The molecule has 2 nitrogen and oxygen atoms in total. The fraction of sp³-hybridized carbons (Fsp3) is 0.417. The van der Waals surface area contributed by atoms with Crippen molar-refractivity contribution in [2.45, 2.75) is 26.7 Å². The molecule has 0 bridgehead atoms. The summed E-state index contributed by atoms with van der Waals surface area (Å²) in [5.41, 5.74) is -0.211. The molecule has 1 aromatic carbocycles. The Hall–Kier alpha value is -1.45. The van der Waals surface area contributed by atoms with E-state index in [1.54, 1.807) is 13.8 Å². The van der Waals surface area contributed by atoms with Crippen LogP contribution in [-0.2, 0) is 11.2 Å². The maximum atomic E-state index is 13.3. The van der Waals surface area contributed by atoms with Crippen molar-refractivity contribution in [3.63, 3.8) is 0 Å². The maximum Gasteiger partial charge on any atom is 0.303 e. The molecule has 0 saturated carbocycles. The van der Waals surface area contributed by atoms with Crippen molar-refractivity contribution >= 4 is 5.97 Å². The number of aliphatic carboxylic acids is 1. The molecule has 0 fully saturated rings. The van der Waals surface area contributed by atoms with Crippen LogP contribution >= 0.6 is 0 Å². The third-order valence-corrected chi connectivity index (χ3v) is 2.31. The Balaban J connectivity index is 2.83. The van der Waals surface area contributed by atoms with Crippen molar-refractivity contribution in [1.82, 2.24) is 0 Å². The molecule has 88 valence electrons. The van der Waals surface area contributed by atoms with E-state index in [2.05, 4.69) is 0 Å². The van der Waals surface area contributed by atoms with Gasteiger partial charge in [-0.25, -0.2) is 8.78 Å². The number of carboxylic acids is 1. The molecule has 0 unspecified atom stereocenters. The first-order valence-corrected chi connectivity index (χ1v) is 4.96. The second-order valence-corrected chi connectivity index (χ2v) is 4.65. The Kier molecular flexibility index (Phi) is 3.62. The normalized spacial score (nSPS) is 11.5. The van der Waals surface area contributed by atoms with E-state index in [0.717, 1.165) is 6.07 Å². The minimum Gasteiger partial charge on any atom is -0.481 e. The predicted octanol–water partition coefficient (Wildman–Crippen LogP) is 3.01. The third-order valence-electron chi connectivity index (χ3n) is 2.31. The van der Waals surface area contributed by atoms with Crippen molar-refractivity contribution < 1.29 is 18.7 Å². The van der Waals surface area contributed by atoms with Crippen LogP contribution in [0.4, 0.5) is 8.78 Å². The third kappa shape index (κ3) is 3.61. The number of carboxylic acid groups (broad SMARTS) is 1. The van der Waals surface area contributed by atoms with E-state index in [4.69, 9.17) is 5.11 Å². The van der Waals surface area contributed by atoms with Crippen LogP contribution in [0.5, 0.6) is 0 Å².